The average molecular weight is 372 g/mol. The summed E-state index contributed by atoms with van der Waals surface area (Å²) in [5, 5.41) is 1.39. The fourth-order valence-electron chi connectivity index (χ4n) is 2.84. The highest BCUT2D eigenvalue weighted by molar-refractivity contribution is 5.99. The van der Waals surface area contributed by atoms with Crippen molar-refractivity contribution in [2.75, 3.05) is 0 Å². The number of nitrogens with one attached hydrogen (secondary N) is 1. The first-order valence-electron chi connectivity index (χ1n) is 9.22. The molecule has 0 aliphatic rings. The van der Waals surface area contributed by atoms with Crippen LogP contribution < -0.4 is 5.43 Å². The van der Waals surface area contributed by atoms with E-state index in [9.17, 15) is 9.59 Å². The molecule has 0 heterocycles. The standard InChI is InChI=1S/C24H24N2O2/c1-24(2,3)26(25-22(27)20-12-8-5-9-13-20)23(28)21-16-14-19(15-17-21)18-10-6-4-7-11-18/h4-17H,1-3H3,(H,25,27). The second-order valence-corrected chi connectivity index (χ2v) is 7.56. The second kappa shape index (κ2) is 8.09. The minimum Gasteiger partial charge on any atom is -0.267 e. The highest BCUT2D eigenvalue weighted by Crippen LogP contribution is 2.21. The van der Waals surface area contributed by atoms with Crippen LogP contribution in [0.5, 0.6) is 0 Å². The number of carbonyl (C=O) groups excluding carboxylic acids is 2. The fraction of sp³-hybridized carbons (Fsp3) is 0.167. The Labute approximate surface area is 165 Å². The molecule has 142 valence electrons. The SMILES string of the molecule is CC(C)(C)N(NC(=O)c1ccccc1)C(=O)c1ccc(-c2ccccc2)cc1. The zero-order valence-corrected chi connectivity index (χ0v) is 16.3. The van der Waals surface area contributed by atoms with Gasteiger partial charge in [-0.15, -0.1) is 0 Å². The Balaban J connectivity index is 1.83. The van der Waals surface area contributed by atoms with Gasteiger partial charge in [0.2, 0.25) is 0 Å². The predicted octanol–water partition coefficient (Wildman–Crippen LogP) is 4.94. The number of amides is 2. The first kappa shape index (κ1) is 19.4. The molecule has 3 aromatic carbocycles. The van der Waals surface area contributed by atoms with Crippen LogP contribution in [0.1, 0.15) is 41.5 Å². The van der Waals surface area contributed by atoms with Gasteiger partial charge in [0.05, 0.1) is 5.54 Å². The molecule has 0 aromatic heterocycles. The lowest BCUT2D eigenvalue weighted by atomic mass is 10.0. The lowest BCUT2D eigenvalue weighted by Crippen LogP contribution is -2.55. The van der Waals surface area contributed by atoms with Crippen LogP contribution in [0, 0.1) is 0 Å². The fourth-order valence-corrected chi connectivity index (χ4v) is 2.84. The van der Waals surface area contributed by atoms with Gasteiger partial charge in [0.1, 0.15) is 0 Å². The van der Waals surface area contributed by atoms with Gasteiger partial charge in [-0.05, 0) is 56.2 Å². The molecule has 3 aromatic rings. The quantitative estimate of drug-likeness (QED) is 0.662. The maximum absolute atomic E-state index is 13.1. The van der Waals surface area contributed by atoms with Gasteiger partial charge in [-0.1, -0.05) is 60.7 Å². The van der Waals surface area contributed by atoms with E-state index >= 15 is 0 Å². The predicted molar refractivity (Wildman–Crippen MR) is 112 cm³/mol. The molecule has 0 fully saturated rings. The zero-order valence-electron chi connectivity index (χ0n) is 16.3. The van der Waals surface area contributed by atoms with Crippen LogP contribution in [-0.4, -0.2) is 22.4 Å². The third-order valence-corrected chi connectivity index (χ3v) is 4.36. The van der Waals surface area contributed by atoms with E-state index in [0.29, 0.717) is 11.1 Å². The summed E-state index contributed by atoms with van der Waals surface area (Å²) in [5.41, 5.74) is 5.32. The molecule has 0 bridgehead atoms. The molecule has 0 saturated carbocycles. The maximum Gasteiger partial charge on any atom is 0.272 e. The van der Waals surface area contributed by atoms with Crippen molar-refractivity contribution in [2.45, 2.75) is 26.3 Å². The van der Waals surface area contributed by atoms with Crippen molar-refractivity contribution >= 4 is 11.8 Å². The van der Waals surface area contributed by atoms with Gasteiger partial charge in [0.25, 0.3) is 11.8 Å². The number of benzene rings is 3. The average Bonchev–Trinajstić information content (AvgIpc) is 2.72. The van der Waals surface area contributed by atoms with Gasteiger partial charge in [0, 0.05) is 11.1 Å². The molecular formula is C24H24N2O2. The summed E-state index contributed by atoms with van der Waals surface area (Å²) in [7, 11) is 0. The molecule has 0 spiro atoms. The number of nitrogens with zero attached hydrogens (tertiary/aromatic N) is 1. The van der Waals surface area contributed by atoms with Crippen molar-refractivity contribution in [2.24, 2.45) is 0 Å². The summed E-state index contributed by atoms with van der Waals surface area (Å²) < 4.78 is 0. The van der Waals surface area contributed by atoms with Crippen molar-refractivity contribution in [3.05, 3.63) is 96.1 Å². The number of hydrazine groups is 1. The van der Waals surface area contributed by atoms with E-state index in [4.69, 9.17) is 0 Å². The summed E-state index contributed by atoms with van der Waals surface area (Å²) >= 11 is 0. The van der Waals surface area contributed by atoms with Gasteiger partial charge in [-0.25, -0.2) is 5.01 Å². The van der Waals surface area contributed by atoms with E-state index in [-0.39, 0.29) is 11.8 Å². The Hall–Kier alpha value is -3.40. The van der Waals surface area contributed by atoms with Gasteiger partial charge in [-0.3, -0.25) is 15.0 Å². The van der Waals surface area contributed by atoms with E-state index in [1.165, 1.54) is 5.01 Å². The van der Waals surface area contributed by atoms with Crippen molar-refractivity contribution in [1.29, 1.82) is 0 Å². The highest BCUT2D eigenvalue weighted by Gasteiger charge is 2.29. The third-order valence-electron chi connectivity index (χ3n) is 4.36. The molecule has 0 saturated heterocycles. The van der Waals surface area contributed by atoms with Crippen LogP contribution in [-0.2, 0) is 0 Å². The molecule has 1 N–H and O–H groups in total. The molecule has 0 atom stereocenters. The molecule has 4 nitrogen and oxygen atoms in total. The number of rotatable bonds is 3. The molecule has 4 heteroatoms. The Kier molecular flexibility index (Phi) is 5.59. The van der Waals surface area contributed by atoms with E-state index < -0.39 is 5.54 Å². The summed E-state index contributed by atoms with van der Waals surface area (Å²) in [5.74, 6) is -0.568. The highest BCUT2D eigenvalue weighted by atomic mass is 16.2. The van der Waals surface area contributed by atoms with Crippen molar-refractivity contribution < 1.29 is 9.59 Å². The normalized spacial score (nSPS) is 11.0. The number of hydrogen-bond donors (Lipinski definition) is 1. The molecule has 0 aliphatic carbocycles. The molecule has 0 unspecified atom stereocenters. The van der Waals surface area contributed by atoms with Gasteiger partial charge >= 0.3 is 0 Å². The van der Waals surface area contributed by atoms with Gasteiger partial charge in [0.15, 0.2) is 0 Å². The zero-order chi connectivity index (χ0) is 20.1. The van der Waals surface area contributed by atoms with Crippen molar-refractivity contribution in [1.82, 2.24) is 10.4 Å². The minimum absolute atomic E-state index is 0.253. The molecule has 28 heavy (non-hydrogen) atoms. The first-order valence-corrected chi connectivity index (χ1v) is 9.22. The van der Waals surface area contributed by atoms with Crippen molar-refractivity contribution in [3.8, 4) is 11.1 Å². The molecule has 2 amide bonds. The topological polar surface area (TPSA) is 49.4 Å². The molecule has 3 rings (SSSR count). The van der Waals surface area contributed by atoms with Crippen LogP contribution in [0.2, 0.25) is 0 Å². The molecule has 0 radical (unpaired) electrons. The van der Waals surface area contributed by atoms with Crippen LogP contribution in [0.3, 0.4) is 0 Å². The Morgan fingerprint density at radius 1 is 0.679 bits per heavy atom. The van der Waals surface area contributed by atoms with Crippen LogP contribution >= 0.6 is 0 Å². The van der Waals surface area contributed by atoms with E-state index in [1.807, 2.05) is 69.3 Å². The number of hydrogen-bond acceptors (Lipinski definition) is 2. The molecule has 0 aliphatic heterocycles. The molecular weight excluding hydrogens is 348 g/mol. The largest absolute Gasteiger partial charge is 0.272 e. The van der Waals surface area contributed by atoms with E-state index in [1.54, 1.807) is 36.4 Å². The van der Waals surface area contributed by atoms with Crippen LogP contribution in [0.25, 0.3) is 11.1 Å². The first-order chi connectivity index (χ1) is 13.4. The minimum atomic E-state index is -0.584. The summed E-state index contributed by atoms with van der Waals surface area (Å²) in [4.78, 5) is 25.7. The lowest BCUT2D eigenvalue weighted by molar-refractivity contribution is 0.0358. The van der Waals surface area contributed by atoms with Gasteiger partial charge < -0.3 is 0 Å². The summed E-state index contributed by atoms with van der Waals surface area (Å²) in [6.07, 6.45) is 0. The summed E-state index contributed by atoms with van der Waals surface area (Å²) in [6, 6.07) is 26.3. The van der Waals surface area contributed by atoms with Gasteiger partial charge in [-0.2, -0.15) is 0 Å². The van der Waals surface area contributed by atoms with Crippen molar-refractivity contribution in [3.63, 3.8) is 0 Å². The lowest BCUT2D eigenvalue weighted by Gasteiger charge is -2.35. The third kappa shape index (κ3) is 4.46. The van der Waals surface area contributed by atoms with E-state index in [2.05, 4.69) is 5.43 Å². The maximum atomic E-state index is 13.1. The van der Waals surface area contributed by atoms with Crippen LogP contribution in [0.15, 0.2) is 84.9 Å². The summed E-state index contributed by atoms with van der Waals surface area (Å²) in [6.45, 7) is 5.65. The smallest absolute Gasteiger partial charge is 0.267 e. The van der Waals surface area contributed by atoms with Crippen LogP contribution in [0.4, 0.5) is 0 Å². The second-order valence-electron chi connectivity index (χ2n) is 7.56. The monoisotopic (exact) mass is 372 g/mol. The Morgan fingerprint density at radius 3 is 1.71 bits per heavy atom. The Morgan fingerprint density at radius 2 is 1.18 bits per heavy atom. The Bertz CT molecular complexity index is 943. The number of carbonyl (C=O) groups is 2. The van der Waals surface area contributed by atoms with E-state index in [0.717, 1.165) is 11.1 Å².